The van der Waals surface area contributed by atoms with Gasteiger partial charge in [0, 0.05) is 58.1 Å². The Morgan fingerprint density at radius 3 is 2.59 bits per heavy atom. The Morgan fingerprint density at radius 1 is 1.19 bits per heavy atom. The highest BCUT2D eigenvalue weighted by atomic mass is 16.6. The van der Waals surface area contributed by atoms with Crippen LogP contribution in [-0.4, -0.2) is 72.8 Å². The summed E-state index contributed by atoms with van der Waals surface area (Å²) in [6, 6.07) is 7.51. The molecule has 2 amide bonds. The van der Waals surface area contributed by atoms with Crippen molar-refractivity contribution in [3.05, 3.63) is 41.9 Å². The van der Waals surface area contributed by atoms with E-state index in [1.54, 1.807) is 23.0 Å². The average molecular weight is 514 g/mol. The fraction of sp³-hybridized carbons (Fsp3) is 0.571. The standard InChI is InChI=1S/C26H37N5O4.C2H6/c1-7-10-22-27-18-21-23(28-22)29(5)14-15-31(24(21)32)19-11-8-12-20(17-19)34-16-9-13-30(6)25(33)35-26(2,3)4;1-2/h8,11-12,17-18H,7,9-10,13-16H2,1-6H3;1-2H3. The second-order valence-electron chi connectivity index (χ2n) is 9.75. The van der Waals surface area contributed by atoms with Crippen LogP contribution in [0.2, 0.25) is 0 Å². The van der Waals surface area contributed by atoms with Crippen LogP contribution in [0, 0.1) is 0 Å². The quantitative estimate of drug-likeness (QED) is 0.449. The molecule has 1 aliphatic rings. The summed E-state index contributed by atoms with van der Waals surface area (Å²) in [4.78, 5) is 39.8. The number of likely N-dealkylation sites (N-methyl/N-ethyl adjacent to an activating group) is 1. The fourth-order valence-electron chi connectivity index (χ4n) is 3.71. The van der Waals surface area contributed by atoms with Crippen LogP contribution in [0.25, 0.3) is 0 Å². The average Bonchev–Trinajstić information content (AvgIpc) is 2.98. The van der Waals surface area contributed by atoms with Crippen LogP contribution in [0.1, 0.15) is 70.6 Å². The molecule has 0 spiro atoms. The molecule has 1 aromatic heterocycles. The highest BCUT2D eigenvalue weighted by Gasteiger charge is 2.28. The second kappa shape index (κ2) is 13.8. The minimum Gasteiger partial charge on any atom is -0.493 e. The van der Waals surface area contributed by atoms with E-state index in [1.165, 1.54) is 0 Å². The Labute approximate surface area is 221 Å². The molecule has 9 heteroatoms. The largest absolute Gasteiger partial charge is 0.493 e. The van der Waals surface area contributed by atoms with Crippen LogP contribution in [-0.2, 0) is 11.2 Å². The van der Waals surface area contributed by atoms with E-state index < -0.39 is 5.60 Å². The molecule has 0 bridgehead atoms. The SMILES string of the molecule is CC.CCCc1ncc2c(n1)N(C)CCN(c1cccc(OCCCN(C)C(=O)OC(C)(C)C)c1)C2=O. The zero-order chi connectivity index (χ0) is 27.6. The molecule has 9 nitrogen and oxygen atoms in total. The molecule has 204 valence electrons. The van der Waals surface area contributed by atoms with Gasteiger partial charge in [-0.2, -0.15) is 0 Å². The summed E-state index contributed by atoms with van der Waals surface area (Å²) in [5.41, 5.74) is 0.741. The third kappa shape index (κ3) is 8.61. The van der Waals surface area contributed by atoms with Crippen molar-refractivity contribution >= 4 is 23.5 Å². The molecule has 1 aromatic carbocycles. The molecule has 0 saturated carbocycles. The highest BCUT2D eigenvalue weighted by molar-refractivity contribution is 6.09. The summed E-state index contributed by atoms with van der Waals surface area (Å²) in [6.45, 7) is 13.8. The number of carbonyl (C=O) groups is 2. The zero-order valence-electron chi connectivity index (χ0n) is 23.7. The Kier molecular flexibility index (Phi) is 11.1. The van der Waals surface area contributed by atoms with Crippen molar-refractivity contribution in [1.82, 2.24) is 14.9 Å². The molecule has 3 rings (SSSR count). The van der Waals surface area contributed by atoms with E-state index in [4.69, 9.17) is 9.47 Å². The van der Waals surface area contributed by atoms with Crippen molar-refractivity contribution in [2.24, 2.45) is 0 Å². The van der Waals surface area contributed by atoms with Gasteiger partial charge in [0.1, 0.15) is 28.6 Å². The lowest BCUT2D eigenvalue weighted by Gasteiger charge is -2.24. The summed E-state index contributed by atoms with van der Waals surface area (Å²) in [6.07, 6.45) is 3.68. The first-order valence-corrected chi connectivity index (χ1v) is 13.1. The smallest absolute Gasteiger partial charge is 0.410 e. The van der Waals surface area contributed by atoms with Gasteiger partial charge in [0.15, 0.2) is 0 Å². The van der Waals surface area contributed by atoms with Crippen LogP contribution >= 0.6 is 0 Å². The Morgan fingerprint density at radius 2 is 1.92 bits per heavy atom. The minimum atomic E-state index is -0.522. The van der Waals surface area contributed by atoms with E-state index in [9.17, 15) is 9.59 Å². The van der Waals surface area contributed by atoms with E-state index in [-0.39, 0.29) is 12.0 Å². The zero-order valence-corrected chi connectivity index (χ0v) is 23.7. The molecule has 2 heterocycles. The summed E-state index contributed by atoms with van der Waals surface area (Å²) in [5.74, 6) is 1.98. The number of aryl methyl sites for hydroxylation is 1. The molecule has 2 aromatic rings. The molecular formula is C28H43N5O4. The predicted molar refractivity (Wildman–Crippen MR) is 148 cm³/mol. The first kappa shape index (κ1) is 29.9. The number of amides is 2. The number of benzene rings is 1. The van der Waals surface area contributed by atoms with Crippen LogP contribution in [0.4, 0.5) is 16.3 Å². The normalized spacial score (nSPS) is 13.2. The number of rotatable bonds is 8. The molecule has 1 aliphatic heterocycles. The van der Waals surface area contributed by atoms with Gasteiger partial charge in [-0.3, -0.25) is 4.79 Å². The molecule has 0 unspecified atom stereocenters. The minimum absolute atomic E-state index is 0.122. The van der Waals surface area contributed by atoms with Gasteiger partial charge in [0.25, 0.3) is 5.91 Å². The first-order valence-electron chi connectivity index (χ1n) is 13.1. The van der Waals surface area contributed by atoms with Crippen molar-refractivity contribution in [2.75, 3.05) is 50.1 Å². The monoisotopic (exact) mass is 513 g/mol. The maximum Gasteiger partial charge on any atom is 0.410 e. The Bertz CT molecular complexity index is 1040. The van der Waals surface area contributed by atoms with Gasteiger partial charge < -0.3 is 24.2 Å². The second-order valence-corrected chi connectivity index (χ2v) is 9.75. The van der Waals surface area contributed by atoms with Crippen molar-refractivity contribution in [1.29, 1.82) is 0 Å². The first-order chi connectivity index (χ1) is 17.6. The van der Waals surface area contributed by atoms with Crippen molar-refractivity contribution < 1.29 is 19.1 Å². The number of hydrogen-bond acceptors (Lipinski definition) is 7. The number of aromatic nitrogens is 2. The van der Waals surface area contributed by atoms with Gasteiger partial charge in [0.05, 0.1) is 6.61 Å². The molecule has 37 heavy (non-hydrogen) atoms. The number of ether oxygens (including phenoxy) is 2. The van der Waals surface area contributed by atoms with Gasteiger partial charge in [-0.15, -0.1) is 0 Å². The molecule has 0 N–H and O–H groups in total. The molecule has 0 aliphatic carbocycles. The third-order valence-electron chi connectivity index (χ3n) is 5.53. The fourth-order valence-corrected chi connectivity index (χ4v) is 3.71. The van der Waals surface area contributed by atoms with Crippen molar-refractivity contribution in [2.45, 2.75) is 66.4 Å². The van der Waals surface area contributed by atoms with Gasteiger partial charge in [-0.1, -0.05) is 26.8 Å². The Balaban J connectivity index is 0.00000235. The topological polar surface area (TPSA) is 88.1 Å². The number of anilines is 2. The molecular weight excluding hydrogens is 470 g/mol. The van der Waals surface area contributed by atoms with Gasteiger partial charge in [0.2, 0.25) is 0 Å². The molecule has 0 fully saturated rings. The number of carbonyl (C=O) groups excluding carboxylic acids is 2. The summed E-state index contributed by atoms with van der Waals surface area (Å²) < 4.78 is 11.3. The van der Waals surface area contributed by atoms with Crippen LogP contribution < -0.4 is 14.5 Å². The lowest BCUT2D eigenvalue weighted by atomic mass is 10.2. The van der Waals surface area contributed by atoms with E-state index in [0.29, 0.717) is 49.8 Å². The van der Waals surface area contributed by atoms with Crippen LogP contribution in [0.15, 0.2) is 30.5 Å². The van der Waals surface area contributed by atoms with Crippen LogP contribution in [0.5, 0.6) is 5.75 Å². The van der Waals surface area contributed by atoms with Gasteiger partial charge >= 0.3 is 6.09 Å². The number of hydrogen-bond donors (Lipinski definition) is 0. The highest BCUT2D eigenvalue weighted by Crippen LogP contribution is 2.28. The molecule has 0 radical (unpaired) electrons. The number of fused-ring (bicyclic) bond motifs is 1. The van der Waals surface area contributed by atoms with E-state index in [1.807, 2.05) is 70.8 Å². The van der Waals surface area contributed by atoms with Crippen LogP contribution in [0.3, 0.4) is 0 Å². The molecule has 0 saturated heterocycles. The summed E-state index contributed by atoms with van der Waals surface area (Å²) >= 11 is 0. The molecule has 0 atom stereocenters. The third-order valence-corrected chi connectivity index (χ3v) is 5.53. The maximum absolute atomic E-state index is 13.4. The van der Waals surface area contributed by atoms with Crippen molar-refractivity contribution in [3.63, 3.8) is 0 Å². The summed E-state index contributed by atoms with van der Waals surface area (Å²) in [7, 11) is 3.66. The van der Waals surface area contributed by atoms with Gasteiger partial charge in [-0.25, -0.2) is 14.8 Å². The van der Waals surface area contributed by atoms with E-state index in [0.717, 1.165) is 24.4 Å². The van der Waals surface area contributed by atoms with E-state index >= 15 is 0 Å². The maximum atomic E-state index is 13.4. The lowest BCUT2D eigenvalue weighted by molar-refractivity contribution is 0.0292. The lowest BCUT2D eigenvalue weighted by Crippen LogP contribution is -2.35. The van der Waals surface area contributed by atoms with Crippen molar-refractivity contribution in [3.8, 4) is 5.75 Å². The predicted octanol–water partition coefficient (Wildman–Crippen LogP) is 5.19. The van der Waals surface area contributed by atoms with E-state index in [2.05, 4.69) is 16.9 Å². The summed E-state index contributed by atoms with van der Waals surface area (Å²) in [5, 5.41) is 0. The Hall–Kier alpha value is -3.36. The number of nitrogens with zero attached hydrogens (tertiary/aromatic N) is 5. The van der Waals surface area contributed by atoms with Gasteiger partial charge in [-0.05, 0) is 45.7 Å².